The maximum absolute atomic E-state index is 13.3. The van der Waals surface area contributed by atoms with Crippen LogP contribution in [0.25, 0.3) is 10.8 Å². The van der Waals surface area contributed by atoms with Crippen molar-refractivity contribution in [3.8, 4) is 0 Å². The molecule has 3 rings (SSSR count). The standard InChI is InChI=1S/C30H40N4O6/c1-17(2)14-24(26(36)32-18(3)25(35)31-7)33-23(29(39)40-30(4,5)6)12-13-34-27(37)21-15-19-10-8-9-11-20(19)16-22(21)28(34)38/h8-11,15-18,23-24,33H,12-14H2,1-7H3,(H,31,35)(H,32,36)/t18-,23+,24-/m0/s1. The van der Waals surface area contributed by atoms with E-state index in [-0.39, 0.29) is 24.8 Å². The number of amides is 4. The Bertz CT molecular complexity index is 1240. The van der Waals surface area contributed by atoms with E-state index in [0.29, 0.717) is 17.5 Å². The first-order valence-electron chi connectivity index (χ1n) is 13.6. The van der Waals surface area contributed by atoms with E-state index in [1.54, 1.807) is 39.8 Å². The highest BCUT2D eigenvalue weighted by atomic mass is 16.6. The highest BCUT2D eigenvalue weighted by Crippen LogP contribution is 2.28. The summed E-state index contributed by atoms with van der Waals surface area (Å²) >= 11 is 0. The lowest BCUT2D eigenvalue weighted by molar-refractivity contribution is -0.158. The molecular formula is C30H40N4O6. The maximum Gasteiger partial charge on any atom is 0.323 e. The molecule has 3 N–H and O–H groups in total. The molecule has 0 unspecified atom stereocenters. The minimum absolute atomic E-state index is 0.0345. The molecule has 0 spiro atoms. The molecule has 1 heterocycles. The summed E-state index contributed by atoms with van der Waals surface area (Å²) in [6.07, 6.45) is 0.415. The number of hydrogen-bond acceptors (Lipinski definition) is 7. The minimum atomic E-state index is -0.993. The zero-order chi connectivity index (χ0) is 29.8. The molecule has 0 bridgehead atoms. The quantitative estimate of drug-likeness (QED) is 0.288. The lowest BCUT2D eigenvalue weighted by atomic mass is 10.0. The Labute approximate surface area is 235 Å². The number of esters is 1. The first-order chi connectivity index (χ1) is 18.7. The fourth-order valence-electron chi connectivity index (χ4n) is 4.64. The van der Waals surface area contributed by atoms with Gasteiger partial charge in [-0.05, 0) is 69.4 Å². The van der Waals surface area contributed by atoms with Crippen molar-refractivity contribution in [2.75, 3.05) is 13.6 Å². The third kappa shape index (κ3) is 7.44. The lowest BCUT2D eigenvalue weighted by Crippen LogP contribution is -2.56. The van der Waals surface area contributed by atoms with Crippen LogP contribution < -0.4 is 16.0 Å². The number of carbonyl (C=O) groups is 5. The zero-order valence-corrected chi connectivity index (χ0v) is 24.3. The normalized spacial score (nSPS) is 15.6. The van der Waals surface area contributed by atoms with Crippen LogP contribution in [0.1, 0.15) is 75.1 Å². The Hall–Kier alpha value is -3.79. The van der Waals surface area contributed by atoms with Crippen LogP contribution >= 0.6 is 0 Å². The Balaban J connectivity index is 1.82. The molecule has 40 heavy (non-hydrogen) atoms. The van der Waals surface area contributed by atoms with Crippen LogP contribution in [-0.4, -0.2) is 71.8 Å². The topological polar surface area (TPSA) is 134 Å². The molecule has 216 valence electrons. The van der Waals surface area contributed by atoms with Gasteiger partial charge in [0.2, 0.25) is 11.8 Å². The first-order valence-corrected chi connectivity index (χ1v) is 13.6. The molecule has 0 aromatic heterocycles. The second-order valence-corrected chi connectivity index (χ2v) is 11.6. The highest BCUT2D eigenvalue weighted by Gasteiger charge is 2.38. The average molecular weight is 553 g/mol. The zero-order valence-electron chi connectivity index (χ0n) is 24.3. The second-order valence-electron chi connectivity index (χ2n) is 11.6. The summed E-state index contributed by atoms with van der Waals surface area (Å²) in [4.78, 5) is 66.0. The number of fused-ring (bicyclic) bond motifs is 2. The predicted molar refractivity (Wildman–Crippen MR) is 152 cm³/mol. The first kappa shape index (κ1) is 30.7. The molecular weight excluding hydrogens is 512 g/mol. The smallest absolute Gasteiger partial charge is 0.323 e. The number of nitrogens with zero attached hydrogens (tertiary/aromatic N) is 1. The molecule has 0 aliphatic carbocycles. The molecule has 0 radical (unpaired) electrons. The molecule has 1 aliphatic heterocycles. The highest BCUT2D eigenvalue weighted by molar-refractivity contribution is 6.23. The summed E-state index contributed by atoms with van der Waals surface area (Å²) in [5.74, 6) is -2.16. The van der Waals surface area contributed by atoms with Crippen LogP contribution in [0.3, 0.4) is 0 Å². The van der Waals surface area contributed by atoms with Gasteiger partial charge in [0, 0.05) is 13.6 Å². The molecule has 0 saturated carbocycles. The number of carbonyl (C=O) groups excluding carboxylic acids is 5. The molecule has 2 aromatic rings. The van der Waals surface area contributed by atoms with Crippen molar-refractivity contribution < 1.29 is 28.7 Å². The number of nitrogens with one attached hydrogen (secondary N) is 3. The van der Waals surface area contributed by atoms with Crippen molar-refractivity contribution in [2.45, 2.75) is 78.1 Å². The summed E-state index contributed by atoms with van der Waals surface area (Å²) in [6.45, 7) is 10.6. The molecule has 0 fully saturated rings. The monoisotopic (exact) mass is 552 g/mol. The SMILES string of the molecule is CNC(=O)[C@H](C)NC(=O)[C@H](CC(C)C)N[C@H](CCN1C(=O)c2cc3ccccc3cc2C1=O)C(=O)OC(C)(C)C. The minimum Gasteiger partial charge on any atom is -0.459 e. The van der Waals surface area contributed by atoms with Crippen molar-refractivity contribution >= 4 is 40.4 Å². The second kappa shape index (κ2) is 12.6. The predicted octanol–water partition coefficient (Wildman–Crippen LogP) is 2.79. The van der Waals surface area contributed by atoms with Gasteiger partial charge in [0.15, 0.2) is 0 Å². The van der Waals surface area contributed by atoms with Gasteiger partial charge >= 0.3 is 5.97 Å². The number of likely N-dealkylation sites (N-methyl/N-ethyl adjacent to an activating group) is 1. The van der Waals surface area contributed by atoms with E-state index in [0.717, 1.165) is 15.7 Å². The van der Waals surface area contributed by atoms with Crippen molar-refractivity contribution in [1.29, 1.82) is 0 Å². The number of rotatable bonds is 11. The van der Waals surface area contributed by atoms with E-state index in [9.17, 15) is 24.0 Å². The van der Waals surface area contributed by atoms with Gasteiger partial charge in [0.05, 0.1) is 17.2 Å². The molecule has 2 aromatic carbocycles. The van der Waals surface area contributed by atoms with E-state index in [2.05, 4.69) is 16.0 Å². The van der Waals surface area contributed by atoms with Crippen LogP contribution in [-0.2, 0) is 19.1 Å². The van der Waals surface area contributed by atoms with E-state index < -0.39 is 47.4 Å². The molecule has 10 nitrogen and oxygen atoms in total. The number of ether oxygens (including phenoxy) is 1. The van der Waals surface area contributed by atoms with Crippen molar-refractivity contribution in [2.24, 2.45) is 5.92 Å². The van der Waals surface area contributed by atoms with E-state index in [1.807, 2.05) is 38.1 Å². The fourth-order valence-corrected chi connectivity index (χ4v) is 4.64. The number of imide groups is 1. The van der Waals surface area contributed by atoms with Crippen LogP contribution in [0.5, 0.6) is 0 Å². The Kier molecular flexibility index (Phi) is 9.68. The molecule has 10 heteroatoms. The number of hydrogen-bond donors (Lipinski definition) is 3. The lowest BCUT2D eigenvalue weighted by Gasteiger charge is -2.29. The summed E-state index contributed by atoms with van der Waals surface area (Å²) < 4.78 is 5.62. The summed E-state index contributed by atoms with van der Waals surface area (Å²) in [5, 5.41) is 9.99. The van der Waals surface area contributed by atoms with Gasteiger partial charge in [-0.2, -0.15) is 0 Å². The van der Waals surface area contributed by atoms with Crippen LogP contribution in [0.4, 0.5) is 0 Å². The van der Waals surface area contributed by atoms with Gasteiger partial charge in [-0.3, -0.25) is 34.2 Å². The molecule has 1 aliphatic rings. The fraction of sp³-hybridized carbons (Fsp3) is 0.500. The van der Waals surface area contributed by atoms with E-state index >= 15 is 0 Å². The Morgan fingerprint density at radius 3 is 1.93 bits per heavy atom. The maximum atomic E-state index is 13.3. The Morgan fingerprint density at radius 2 is 1.45 bits per heavy atom. The molecule has 0 saturated heterocycles. The largest absolute Gasteiger partial charge is 0.459 e. The van der Waals surface area contributed by atoms with Crippen molar-refractivity contribution in [3.05, 3.63) is 47.5 Å². The number of benzene rings is 2. The van der Waals surface area contributed by atoms with E-state index in [4.69, 9.17) is 4.74 Å². The molecule has 3 atom stereocenters. The third-order valence-corrected chi connectivity index (χ3v) is 6.59. The van der Waals surface area contributed by atoms with Gasteiger partial charge < -0.3 is 15.4 Å². The van der Waals surface area contributed by atoms with Crippen LogP contribution in [0, 0.1) is 5.92 Å². The van der Waals surface area contributed by atoms with Crippen LogP contribution in [0.15, 0.2) is 36.4 Å². The Morgan fingerprint density at radius 1 is 0.900 bits per heavy atom. The van der Waals surface area contributed by atoms with E-state index in [1.165, 1.54) is 7.05 Å². The van der Waals surface area contributed by atoms with Crippen LogP contribution in [0.2, 0.25) is 0 Å². The van der Waals surface area contributed by atoms with Crippen molar-refractivity contribution in [1.82, 2.24) is 20.9 Å². The van der Waals surface area contributed by atoms with Gasteiger partial charge in [-0.25, -0.2) is 0 Å². The van der Waals surface area contributed by atoms with Gasteiger partial charge in [0.1, 0.15) is 17.7 Å². The van der Waals surface area contributed by atoms with Crippen molar-refractivity contribution in [3.63, 3.8) is 0 Å². The average Bonchev–Trinajstić information content (AvgIpc) is 3.10. The van der Waals surface area contributed by atoms with Gasteiger partial charge in [0.25, 0.3) is 11.8 Å². The van der Waals surface area contributed by atoms with Gasteiger partial charge in [-0.1, -0.05) is 38.1 Å². The summed E-state index contributed by atoms with van der Waals surface area (Å²) in [7, 11) is 1.48. The van der Waals surface area contributed by atoms with Gasteiger partial charge in [-0.15, -0.1) is 0 Å². The summed E-state index contributed by atoms with van der Waals surface area (Å²) in [5.41, 5.74) is -0.146. The third-order valence-electron chi connectivity index (χ3n) is 6.59. The summed E-state index contributed by atoms with van der Waals surface area (Å²) in [6, 6.07) is 8.32. The molecule has 4 amide bonds.